The average Bonchev–Trinajstić information content (AvgIpc) is 2.47. The molecule has 0 fully saturated rings. The minimum absolute atomic E-state index is 0.214. The van der Waals surface area contributed by atoms with Gasteiger partial charge in [-0.2, -0.15) is 0 Å². The first-order valence-corrected chi connectivity index (χ1v) is 6.29. The molecule has 108 valence electrons. The fourth-order valence-corrected chi connectivity index (χ4v) is 1.88. The summed E-state index contributed by atoms with van der Waals surface area (Å²) in [6.45, 7) is 0. The Labute approximate surface area is 125 Å². The van der Waals surface area contributed by atoms with E-state index in [1.165, 1.54) is 37.7 Å². The minimum atomic E-state index is -0.604. The molecule has 3 N–H and O–H groups in total. The van der Waals surface area contributed by atoms with Crippen LogP contribution in [0.2, 0.25) is 5.02 Å². The van der Waals surface area contributed by atoms with E-state index in [4.69, 9.17) is 22.1 Å². The van der Waals surface area contributed by atoms with Crippen molar-refractivity contribution >= 4 is 29.1 Å². The molecule has 1 aromatic heterocycles. The lowest BCUT2D eigenvalue weighted by molar-refractivity contribution is 0.0996. The molecule has 1 heterocycles. The van der Waals surface area contributed by atoms with E-state index in [1.54, 1.807) is 6.07 Å². The number of amides is 2. The third kappa shape index (κ3) is 3.29. The summed E-state index contributed by atoms with van der Waals surface area (Å²) < 4.78 is 5.13. The van der Waals surface area contributed by atoms with Crippen molar-refractivity contribution in [2.24, 2.45) is 5.73 Å². The summed E-state index contributed by atoms with van der Waals surface area (Å²) in [5.74, 6) is -0.672. The number of hydrogen-bond donors (Lipinski definition) is 2. The molecule has 1 aromatic carbocycles. The van der Waals surface area contributed by atoms with Gasteiger partial charge >= 0.3 is 0 Å². The minimum Gasteiger partial charge on any atom is -0.495 e. The number of carbonyl (C=O) groups is 2. The van der Waals surface area contributed by atoms with Crippen LogP contribution in [0.25, 0.3) is 0 Å². The second-order valence-corrected chi connectivity index (χ2v) is 4.50. The van der Waals surface area contributed by atoms with Gasteiger partial charge in [-0.05, 0) is 24.3 Å². The molecule has 2 rings (SSSR count). The Hall–Kier alpha value is -2.60. The number of pyridine rings is 1. The zero-order chi connectivity index (χ0) is 15.4. The van der Waals surface area contributed by atoms with Crippen molar-refractivity contribution in [3.05, 3.63) is 52.8 Å². The molecule has 0 spiro atoms. The predicted molar refractivity (Wildman–Crippen MR) is 78.7 cm³/mol. The first-order chi connectivity index (χ1) is 10.0. The van der Waals surface area contributed by atoms with Gasteiger partial charge in [-0.25, -0.2) is 0 Å². The maximum Gasteiger partial charge on any atom is 0.258 e. The summed E-state index contributed by atoms with van der Waals surface area (Å²) in [6, 6.07) is 5.99. The van der Waals surface area contributed by atoms with Gasteiger partial charge in [-0.1, -0.05) is 11.6 Å². The number of primary amides is 1. The number of benzene rings is 1. The average molecular weight is 306 g/mol. The predicted octanol–water partition coefficient (Wildman–Crippen LogP) is 2.09. The van der Waals surface area contributed by atoms with Gasteiger partial charge in [-0.3, -0.25) is 14.6 Å². The van der Waals surface area contributed by atoms with Crippen molar-refractivity contribution in [1.82, 2.24) is 4.98 Å². The van der Waals surface area contributed by atoms with E-state index in [0.717, 1.165) is 0 Å². The van der Waals surface area contributed by atoms with Crippen LogP contribution in [0.3, 0.4) is 0 Å². The van der Waals surface area contributed by atoms with Crippen molar-refractivity contribution in [1.29, 1.82) is 0 Å². The van der Waals surface area contributed by atoms with Crippen LogP contribution >= 0.6 is 11.6 Å². The second kappa shape index (κ2) is 6.23. The maximum absolute atomic E-state index is 12.2. The fraction of sp³-hybridized carbons (Fsp3) is 0.0714. The van der Waals surface area contributed by atoms with Gasteiger partial charge in [0.1, 0.15) is 5.75 Å². The third-order valence-electron chi connectivity index (χ3n) is 2.74. The number of methoxy groups -OCH3 is 1. The molecule has 0 aliphatic rings. The SMILES string of the molecule is COc1ccc(C(N)=O)cc1NC(=O)c1cnccc1Cl. The molecule has 7 heteroatoms. The Bertz CT molecular complexity index is 704. The Balaban J connectivity index is 2.34. The van der Waals surface area contributed by atoms with E-state index < -0.39 is 11.8 Å². The van der Waals surface area contributed by atoms with Crippen LogP contribution in [0, 0.1) is 0 Å². The third-order valence-corrected chi connectivity index (χ3v) is 3.07. The number of halogens is 1. The number of ether oxygens (including phenoxy) is 1. The molecule has 0 atom stereocenters. The monoisotopic (exact) mass is 305 g/mol. The zero-order valence-electron chi connectivity index (χ0n) is 11.1. The maximum atomic E-state index is 12.2. The quantitative estimate of drug-likeness (QED) is 0.904. The zero-order valence-corrected chi connectivity index (χ0v) is 11.8. The number of nitrogens with zero attached hydrogens (tertiary/aromatic N) is 1. The van der Waals surface area contributed by atoms with Crippen LogP contribution in [0.1, 0.15) is 20.7 Å². The van der Waals surface area contributed by atoms with Gasteiger partial charge in [0.05, 0.1) is 23.4 Å². The highest BCUT2D eigenvalue weighted by atomic mass is 35.5. The van der Waals surface area contributed by atoms with Gasteiger partial charge in [0, 0.05) is 18.0 Å². The van der Waals surface area contributed by atoms with Crippen LogP contribution in [-0.2, 0) is 0 Å². The number of nitrogens with one attached hydrogen (secondary N) is 1. The van der Waals surface area contributed by atoms with E-state index in [-0.39, 0.29) is 16.1 Å². The van der Waals surface area contributed by atoms with E-state index in [1.807, 2.05) is 0 Å². The summed E-state index contributed by atoms with van der Waals surface area (Å²) in [7, 11) is 1.45. The Morgan fingerprint density at radius 3 is 2.71 bits per heavy atom. The highest BCUT2D eigenvalue weighted by molar-refractivity contribution is 6.34. The second-order valence-electron chi connectivity index (χ2n) is 4.09. The van der Waals surface area contributed by atoms with Gasteiger partial charge < -0.3 is 15.8 Å². The van der Waals surface area contributed by atoms with E-state index in [9.17, 15) is 9.59 Å². The molecule has 0 radical (unpaired) electrons. The van der Waals surface area contributed by atoms with Crippen LogP contribution in [0.15, 0.2) is 36.7 Å². The van der Waals surface area contributed by atoms with Gasteiger partial charge in [0.2, 0.25) is 5.91 Å². The summed E-state index contributed by atoms with van der Waals surface area (Å²) in [4.78, 5) is 27.2. The lowest BCUT2D eigenvalue weighted by atomic mass is 10.1. The number of rotatable bonds is 4. The normalized spacial score (nSPS) is 10.0. The standard InChI is InChI=1S/C14H12ClN3O3/c1-21-12-3-2-8(13(16)19)6-11(12)18-14(20)9-7-17-5-4-10(9)15/h2-7H,1H3,(H2,16,19)(H,18,20). The fourth-order valence-electron chi connectivity index (χ4n) is 1.69. The molecule has 0 bridgehead atoms. The van der Waals surface area contributed by atoms with Crippen LogP contribution in [-0.4, -0.2) is 23.9 Å². The lowest BCUT2D eigenvalue weighted by Crippen LogP contribution is -2.15. The summed E-state index contributed by atoms with van der Waals surface area (Å²) in [5.41, 5.74) is 6.00. The molecule has 2 amide bonds. The summed E-state index contributed by atoms with van der Waals surface area (Å²) in [5, 5.41) is 2.89. The molecule has 0 unspecified atom stereocenters. The molecule has 0 saturated carbocycles. The summed E-state index contributed by atoms with van der Waals surface area (Å²) in [6.07, 6.45) is 2.83. The van der Waals surface area contributed by atoms with Crippen LogP contribution in [0.4, 0.5) is 5.69 Å². The number of aromatic nitrogens is 1. The van der Waals surface area contributed by atoms with Crippen molar-refractivity contribution in [3.8, 4) is 5.75 Å². The summed E-state index contributed by atoms with van der Waals surface area (Å²) >= 11 is 5.93. The smallest absolute Gasteiger partial charge is 0.258 e. The lowest BCUT2D eigenvalue weighted by Gasteiger charge is -2.11. The molecule has 6 nitrogen and oxygen atoms in total. The number of carbonyl (C=O) groups excluding carboxylic acids is 2. The molecular weight excluding hydrogens is 294 g/mol. The largest absolute Gasteiger partial charge is 0.495 e. The van der Waals surface area contributed by atoms with Gasteiger partial charge in [-0.15, -0.1) is 0 Å². The van der Waals surface area contributed by atoms with Crippen molar-refractivity contribution in [3.63, 3.8) is 0 Å². The highest BCUT2D eigenvalue weighted by Crippen LogP contribution is 2.26. The van der Waals surface area contributed by atoms with Crippen molar-refractivity contribution in [2.45, 2.75) is 0 Å². The van der Waals surface area contributed by atoms with Crippen LogP contribution < -0.4 is 15.8 Å². The van der Waals surface area contributed by atoms with Crippen LogP contribution in [0.5, 0.6) is 5.75 Å². The first kappa shape index (κ1) is 14.8. The molecule has 2 aromatic rings. The van der Waals surface area contributed by atoms with Crippen molar-refractivity contribution in [2.75, 3.05) is 12.4 Å². The first-order valence-electron chi connectivity index (χ1n) is 5.91. The van der Waals surface area contributed by atoms with Gasteiger partial charge in [0.25, 0.3) is 5.91 Å². The Kier molecular flexibility index (Phi) is 4.39. The van der Waals surface area contributed by atoms with E-state index in [2.05, 4.69) is 10.3 Å². The molecule has 0 saturated heterocycles. The number of hydrogen-bond acceptors (Lipinski definition) is 4. The number of nitrogens with two attached hydrogens (primary N) is 1. The highest BCUT2D eigenvalue weighted by Gasteiger charge is 2.14. The molecular formula is C14H12ClN3O3. The van der Waals surface area contributed by atoms with Gasteiger partial charge in [0.15, 0.2) is 0 Å². The molecule has 0 aliphatic carbocycles. The van der Waals surface area contributed by atoms with E-state index in [0.29, 0.717) is 11.4 Å². The molecule has 21 heavy (non-hydrogen) atoms. The van der Waals surface area contributed by atoms with Crippen molar-refractivity contribution < 1.29 is 14.3 Å². The number of anilines is 1. The topological polar surface area (TPSA) is 94.3 Å². The molecule has 0 aliphatic heterocycles. The Morgan fingerprint density at radius 2 is 2.10 bits per heavy atom. The Morgan fingerprint density at radius 1 is 1.33 bits per heavy atom. The van der Waals surface area contributed by atoms with E-state index >= 15 is 0 Å².